The number of fused-ring (bicyclic) bond motifs is 1. The van der Waals surface area contributed by atoms with Gasteiger partial charge in [0.1, 0.15) is 11.1 Å². The van der Waals surface area contributed by atoms with Crippen LogP contribution in [0.4, 0.5) is 13.2 Å². The summed E-state index contributed by atoms with van der Waals surface area (Å²) < 4.78 is 42.5. The van der Waals surface area contributed by atoms with Crippen molar-refractivity contribution in [1.82, 2.24) is 9.88 Å². The van der Waals surface area contributed by atoms with Crippen LogP contribution < -0.4 is 0 Å². The molecule has 0 N–H and O–H groups in total. The van der Waals surface area contributed by atoms with Crippen molar-refractivity contribution in [3.8, 4) is 0 Å². The summed E-state index contributed by atoms with van der Waals surface area (Å²) in [6.45, 7) is 4.02. The van der Waals surface area contributed by atoms with Crippen LogP contribution >= 0.6 is 11.3 Å². The van der Waals surface area contributed by atoms with E-state index in [2.05, 4.69) is 9.89 Å². The number of hydrogen-bond donors (Lipinski definition) is 0. The zero-order valence-corrected chi connectivity index (χ0v) is 19.7. The number of nitrogens with zero attached hydrogens (tertiary/aromatic N) is 3. The van der Waals surface area contributed by atoms with Gasteiger partial charge in [-0.1, -0.05) is 0 Å². The van der Waals surface area contributed by atoms with E-state index < -0.39 is 24.9 Å². The van der Waals surface area contributed by atoms with Gasteiger partial charge in [0.2, 0.25) is 5.91 Å². The lowest BCUT2D eigenvalue weighted by Gasteiger charge is -2.30. The largest absolute Gasteiger partial charge is 0.389 e. The Morgan fingerprint density at radius 3 is 2.85 bits per heavy atom. The van der Waals surface area contributed by atoms with Crippen molar-refractivity contribution < 1.29 is 22.7 Å². The number of alkyl halides is 3. The van der Waals surface area contributed by atoms with Crippen LogP contribution in [0, 0.1) is 17.3 Å². The normalized spacial score (nSPS) is 32.5. The summed E-state index contributed by atoms with van der Waals surface area (Å²) in [5.74, 6) is 0.281. The first-order valence-electron chi connectivity index (χ1n) is 12.3. The summed E-state index contributed by atoms with van der Waals surface area (Å²) in [7, 11) is 0. The first-order valence-corrected chi connectivity index (χ1v) is 13.1. The highest BCUT2D eigenvalue weighted by Crippen LogP contribution is 2.62. The third-order valence-corrected chi connectivity index (χ3v) is 9.19. The number of amides is 1. The second kappa shape index (κ2) is 9.38. The highest BCUT2D eigenvalue weighted by Gasteiger charge is 2.54. The molecule has 1 aromatic heterocycles. The fourth-order valence-electron chi connectivity index (χ4n) is 5.82. The van der Waals surface area contributed by atoms with E-state index in [-0.39, 0.29) is 12.0 Å². The minimum Gasteiger partial charge on any atom is -0.371 e. The van der Waals surface area contributed by atoms with Gasteiger partial charge in [-0.2, -0.15) is 13.2 Å². The lowest BCUT2D eigenvalue weighted by Crippen LogP contribution is -2.33. The topological polar surface area (TPSA) is 54.8 Å². The smallest absolute Gasteiger partial charge is 0.371 e. The highest BCUT2D eigenvalue weighted by atomic mass is 32.1. The predicted octanol–water partition coefficient (Wildman–Crippen LogP) is 5.49. The van der Waals surface area contributed by atoms with Gasteiger partial charge in [-0.05, 0) is 68.6 Å². The van der Waals surface area contributed by atoms with Gasteiger partial charge in [0.15, 0.2) is 0 Å². The van der Waals surface area contributed by atoms with Gasteiger partial charge >= 0.3 is 6.18 Å². The summed E-state index contributed by atoms with van der Waals surface area (Å²) >= 11 is 1.85. The minimum atomic E-state index is -4.30. The number of hydrogen-bond acceptors (Lipinski definition) is 5. The van der Waals surface area contributed by atoms with Gasteiger partial charge in [0.25, 0.3) is 0 Å². The van der Waals surface area contributed by atoms with E-state index in [4.69, 9.17) is 9.72 Å². The Hall–Kier alpha value is -1.32. The monoisotopic (exact) mass is 483 g/mol. The summed E-state index contributed by atoms with van der Waals surface area (Å²) in [4.78, 5) is 24.3. The molecule has 0 aromatic carbocycles. The predicted molar refractivity (Wildman–Crippen MR) is 120 cm³/mol. The van der Waals surface area contributed by atoms with Crippen LogP contribution in [0.1, 0.15) is 79.5 Å². The Bertz CT molecular complexity index is 886. The molecule has 2 aliphatic carbocycles. The van der Waals surface area contributed by atoms with Crippen molar-refractivity contribution in [2.24, 2.45) is 22.2 Å². The van der Waals surface area contributed by atoms with E-state index in [1.165, 1.54) is 22.0 Å². The average Bonchev–Trinajstić information content (AvgIpc) is 3.18. The van der Waals surface area contributed by atoms with E-state index >= 15 is 0 Å². The number of aromatic nitrogens is 1. The second-order valence-corrected chi connectivity index (χ2v) is 11.4. The molecule has 33 heavy (non-hydrogen) atoms. The zero-order chi connectivity index (χ0) is 23.1. The van der Waals surface area contributed by atoms with E-state index in [1.807, 2.05) is 11.3 Å². The van der Waals surface area contributed by atoms with Crippen LogP contribution in [0.2, 0.25) is 0 Å². The number of carbonyl (C=O) groups is 1. The average molecular weight is 484 g/mol. The van der Waals surface area contributed by atoms with Crippen molar-refractivity contribution in [1.29, 1.82) is 0 Å². The molecule has 2 atom stereocenters. The van der Waals surface area contributed by atoms with Crippen molar-refractivity contribution in [2.45, 2.75) is 83.0 Å². The van der Waals surface area contributed by atoms with Crippen molar-refractivity contribution in [3.63, 3.8) is 0 Å². The first kappa shape index (κ1) is 23.4. The molecule has 5 nitrogen and oxygen atoms in total. The molecule has 3 heterocycles. The zero-order valence-electron chi connectivity index (χ0n) is 18.9. The summed E-state index contributed by atoms with van der Waals surface area (Å²) in [6.07, 6.45) is 4.67. The molecule has 9 heteroatoms. The van der Waals surface area contributed by atoms with E-state index in [0.717, 1.165) is 77.1 Å². The molecule has 1 aromatic rings. The fourth-order valence-corrected chi connectivity index (χ4v) is 6.97. The maximum atomic E-state index is 12.2. The highest BCUT2D eigenvalue weighted by molar-refractivity contribution is 7.11. The molecule has 2 aliphatic heterocycles. The fraction of sp³-hybridized carbons (Fsp3) is 0.792. The van der Waals surface area contributed by atoms with E-state index in [0.29, 0.717) is 5.41 Å². The standard InChI is InChI=1S/C24H32F3N3O2S/c25-24(26,27)9-5-21(31)28-13-16-3-7-23(8-4-16)12-17(23)14-30-10-6-20-18(15-30)29-22(33-20)19-2-1-11-32-19/h13,16-17,19H,1-12,14-15H2/t16?,17-,19?,23?/m0/s1. The molecule has 182 valence electrons. The van der Waals surface area contributed by atoms with Gasteiger partial charge in [-0.3, -0.25) is 9.69 Å². The van der Waals surface area contributed by atoms with Gasteiger partial charge in [-0.15, -0.1) is 11.3 Å². The van der Waals surface area contributed by atoms with Gasteiger partial charge in [-0.25, -0.2) is 9.98 Å². The van der Waals surface area contributed by atoms with Crippen LogP contribution in [0.25, 0.3) is 0 Å². The third kappa shape index (κ3) is 5.68. The number of aliphatic imine (C=N–C) groups is 1. The summed E-state index contributed by atoms with van der Waals surface area (Å²) in [5.41, 5.74) is 1.68. The Morgan fingerprint density at radius 1 is 1.30 bits per heavy atom. The molecular formula is C24H32F3N3O2S. The molecule has 3 fully saturated rings. The maximum Gasteiger partial charge on any atom is 0.389 e. The van der Waals surface area contributed by atoms with Crippen LogP contribution in [-0.2, 0) is 22.5 Å². The van der Waals surface area contributed by atoms with E-state index in [1.54, 1.807) is 6.21 Å². The Balaban J connectivity index is 1.06. The van der Waals surface area contributed by atoms with Gasteiger partial charge in [0, 0.05) is 43.8 Å². The molecule has 2 saturated carbocycles. The SMILES string of the molecule is O=C(CCC(F)(F)F)N=CC1CCC2(CC1)C[C@H]2CN1CCc2sc(C3CCCO3)nc2C1. The number of carbonyl (C=O) groups excluding carboxylic acids is 1. The van der Waals surface area contributed by atoms with Gasteiger partial charge in [0.05, 0.1) is 12.1 Å². The number of ether oxygens (including phenoxy) is 1. The molecule has 0 radical (unpaired) electrons. The van der Waals surface area contributed by atoms with Gasteiger partial charge < -0.3 is 4.74 Å². The molecular weight excluding hydrogens is 451 g/mol. The number of rotatable bonds is 6. The van der Waals surface area contributed by atoms with Crippen molar-refractivity contribution >= 4 is 23.5 Å². The van der Waals surface area contributed by atoms with Crippen molar-refractivity contribution in [3.05, 3.63) is 15.6 Å². The summed E-state index contributed by atoms with van der Waals surface area (Å²) in [6, 6.07) is 0. The molecule has 4 aliphatic rings. The van der Waals surface area contributed by atoms with E-state index in [9.17, 15) is 18.0 Å². The Labute approximate surface area is 196 Å². The lowest BCUT2D eigenvalue weighted by atomic mass is 9.79. The Kier molecular flexibility index (Phi) is 6.66. The van der Waals surface area contributed by atoms with Crippen molar-refractivity contribution in [2.75, 3.05) is 19.7 Å². The lowest BCUT2D eigenvalue weighted by molar-refractivity contribution is -0.142. The van der Waals surface area contributed by atoms with Crippen LogP contribution in [0.15, 0.2) is 4.99 Å². The number of halogens is 3. The van der Waals surface area contributed by atoms with Crippen LogP contribution in [0.5, 0.6) is 0 Å². The van der Waals surface area contributed by atoms with Crippen LogP contribution in [-0.4, -0.2) is 47.9 Å². The van der Waals surface area contributed by atoms with Crippen LogP contribution in [0.3, 0.4) is 0 Å². The molecule has 0 bridgehead atoms. The molecule has 1 saturated heterocycles. The quantitative estimate of drug-likeness (QED) is 0.502. The molecule has 5 rings (SSSR count). The number of thiazole rings is 1. The maximum absolute atomic E-state index is 12.2. The Morgan fingerprint density at radius 2 is 2.12 bits per heavy atom. The molecule has 1 spiro atoms. The minimum absolute atomic E-state index is 0.208. The first-order chi connectivity index (χ1) is 15.8. The molecule has 1 amide bonds. The third-order valence-electron chi connectivity index (χ3n) is 7.94. The molecule has 1 unspecified atom stereocenters. The second-order valence-electron chi connectivity index (χ2n) is 10.3. The summed E-state index contributed by atoms with van der Waals surface area (Å²) in [5, 5.41) is 1.17.